The van der Waals surface area contributed by atoms with Crippen molar-refractivity contribution in [2.75, 3.05) is 34.2 Å². The average molecular weight is 983 g/mol. The Morgan fingerprint density at radius 2 is 1.14 bits per heavy atom. The van der Waals surface area contributed by atoms with Gasteiger partial charge in [0.15, 0.2) is 11.6 Å². The Labute approximate surface area is 413 Å². The maximum atomic E-state index is 6.41. The summed E-state index contributed by atoms with van der Waals surface area (Å²) >= 11 is 6.41. The minimum absolute atomic E-state index is 0.290. The van der Waals surface area contributed by atoms with Gasteiger partial charge < -0.3 is 43.7 Å². The van der Waals surface area contributed by atoms with E-state index in [1.54, 1.807) is 33.1 Å². The molecular formula is C51H56ClN13O6. The van der Waals surface area contributed by atoms with Gasteiger partial charge in [-0.25, -0.2) is 19.9 Å². The molecule has 19 nitrogen and oxygen atoms in total. The predicted molar refractivity (Wildman–Crippen MR) is 270 cm³/mol. The van der Waals surface area contributed by atoms with E-state index >= 15 is 0 Å². The van der Waals surface area contributed by atoms with Gasteiger partial charge in [-0.15, -0.1) is 0 Å². The molecule has 0 bridgehead atoms. The molecule has 8 heterocycles. The van der Waals surface area contributed by atoms with E-state index in [0.29, 0.717) is 59.7 Å². The van der Waals surface area contributed by atoms with E-state index in [2.05, 4.69) is 53.5 Å². The average Bonchev–Trinajstić information content (AvgIpc) is 4.16. The number of nitrogens with two attached hydrogens (primary N) is 1. The Bertz CT molecular complexity index is 3550. The molecule has 2 fully saturated rings. The van der Waals surface area contributed by atoms with E-state index in [0.717, 1.165) is 106 Å². The number of methoxy groups -OCH3 is 4. The summed E-state index contributed by atoms with van der Waals surface area (Å²) in [4.78, 5) is 25.3. The number of nitrogens with zero attached hydrogens (tertiary/aromatic N) is 10. The number of rotatable bonds is 12. The largest absolute Gasteiger partial charge is 0.496 e. The van der Waals surface area contributed by atoms with Gasteiger partial charge in [0.05, 0.1) is 59.2 Å². The lowest BCUT2D eigenvalue weighted by atomic mass is 10.00. The molecule has 20 heteroatoms. The first-order valence-corrected chi connectivity index (χ1v) is 23.8. The van der Waals surface area contributed by atoms with Crippen LogP contribution >= 0.6 is 11.6 Å². The normalized spacial score (nSPS) is 13.6. The number of aromatic nitrogens is 12. The standard InChI is InChI=1S/C26H28N6O3.C18H17ClN4O3.C7H11N3/c1-13-24(14(2)35-31-13)18-10-20-17(11-22(18)34-5)25-21(27-23(12-33-4)29-26(25)28-20)9-16-8-19(15-6-7-15)30-32(16)3;1-8-15(9(2)26-23-8)11-5-12-10(6-13(11)25-4)16-17(19)21-14(7-24-3)22-18(16)20-12;1-10-7(8)4-6(9-10)5-2-3-5/h8,10-11,15H,6-7,9,12H2,1-5H3,(H,27,28,29);5-6H,7H2,1-4H3,(H,20,21,22);4-5H,2-3,8H2,1H3. The lowest BCUT2D eigenvalue weighted by Gasteiger charge is -2.10. The molecule has 8 aromatic heterocycles. The van der Waals surface area contributed by atoms with Crippen molar-refractivity contribution in [3.05, 3.63) is 98.9 Å². The third-order valence-electron chi connectivity index (χ3n) is 13.1. The first-order chi connectivity index (χ1) is 34.3. The predicted octanol–water partition coefficient (Wildman–Crippen LogP) is 9.81. The molecule has 0 amide bonds. The molecular weight excluding hydrogens is 926 g/mol. The van der Waals surface area contributed by atoms with Crippen LogP contribution in [0, 0.1) is 27.7 Å². The fourth-order valence-corrected chi connectivity index (χ4v) is 9.57. The summed E-state index contributed by atoms with van der Waals surface area (Å²) in [7, 11) is 10.4. The maximum absolute atomic E-state index is 6.41. The van der Waals surface area contributed by atoms with Crippen LogP contribution in [0.4, 0.5) is 5.82 Å². The van der Waals surface area contributed by atoms with Crippen molar-refractivity contribution in [1.82, 2.24) is 59.8 Å². The summed E-state index contributed by atoms with van der Waals surface area (Å²) in [6, 6.07) is 12.2. The summed E-state index contributed by atoms with van der Waals surface area (Å²) in [5, 5.41) is 21.2. The van der Waals surface area contributed by atoms with Crippen LogP contribution in [-0.2, 0) is 43.2 Å². The topological polar surface area (TPSA) is 234 Å². The maximum Gasteiger partial charge on any atom is 0.158 e. The van der Waals surface area contributed by atoms with Crippen molar-refractivity contribution in [2.24, 2.45) is 14.1 Å². The fraction of sp³-hybridized carbons (Fsp3) is 0.373. The van der Waals surface area contributed by atoms with Crippen LogP contribution < -0.4 is 15.2 Å². The van der Waals surface area contributed by atoms with Gasteiger partial charge in [-0.3, -0.25) is 9.36 Å². The number of nitrogens with one attached hydrogen (secondary N) is 2. The number of ether oxygens (including phenoxy) is 4. The van der Waals surface area contributed by atoms with Gasteiger partial charge >= 0.3 is 0 Å². The zero-order valence-electron chi connectivity index (χ0n) is 41.4. The molecule has 0 saturated heterocycles. The van der Waals surface area contributed by atoms with Crippen LogP contribution in [0.15, 0.2) is 45.4 Å². The summed E-state index contributed by atoms with van der Waals surface area (Å²) in [6.45, 7) is 8.26. The second-order valence-corrected chi connectivity index (χ2v) is 18.6. The summed E-state index contributed by atoms with van der Waals surface area (Å²) < 4.78 is 36.3. The van der Waals surface area contributed by atoms with E-state index in [1.807, 2.05) is 64.7 Å². The summed E-state index contributed by atoms with van der Waals surface area (Å²) in [5.74, 6) is 6.17. The quantitative estimate of drug-likeness (QED) is 0.0967. The number of nitrogen functional groups attached to an aromatic ring is 1. The molecule has 12 rings (SSSR count). The van der Waals surface area contributed by atoms with Gasteiger partial charge in [0.25, 0.3) is 0 Å². The number of aryl methyl sites for hydroxylation is 6. The van der Waals surface area contributed by atoms with Gasteiger partial charge in [-0.1, -0.05) is 21.9 Å². The van der Waals surface area contributed by atoms with Gasteiger partial charge in [0.2, 0.25) is 0 Å². The van der Waals surface area contributed by atoms with Crippen molar-refractivity contribution in [3.63, 3.8) is 0 Å². The lowest BCUT2D eigenvalue weighted by Crippen LogP contribution is -2.05. The van der Waals surface area contributed by atoms with Gasteiger partial charge in [-0.2, -0.15) is 10.2 Å². The van der Waals surface area contributed by atoms with Crippen molar-refractivity contribution in [2.45, 2.75) is 84.8 Å². The lowest BCUT2D eigenvalue weighted by molar-refractivity contribution is 0.178. The van der Waals surface area contributed by atoms with E-state index in [4.69, 9.17) is 60.4 Å². The molecule has 0 spiro atoms. The number of H-pyrrole nitrogens is 2. The Balaban J connectivity index is 0.000000141. The van der Waals surface area contributed by atoms with Gasteiger partial charge in [0, 0.05) is 96.7 Å². The number of aromatic amines is 2. The molecule has 4 N–H and O–H groups in total. The second kappa shape index (κ2) is 19.1. The number of benzene rings is 2. The van der Waals surface area contributed by atoms with Crippen molar-refractivity contribution in [1.29, 1.82) is 0 Å². The van der Waals surface area contributed by atoms with Crippen molar-refractivity contribution < 1.29 is 28.0 Å². The van der Waals surface area contributed by atoms with Crippen molar-refractivity contribution in [3.8, 4) is 33.8 Å². The molecule has 10 aromatic rings. The van der Waals surface area contributed by atoms with Crippen LogP contribution in [-0.4, -0.2) is 88.2 Å². The summed E-state index contributed by atoms with van der Waals surface area (Å²) in [6.07, 6.45) is 5.67. The SMILES string of the molecule is COCc1nc(Cc2cc(C3CC3)nn2C)c2c(n1)[nH]c1cc(-c3c(C)noc3C)c(OC)cc12.COCc1nc(Cl)c2c(n1)[nH]c1cc(-c3c(C)noc3C)c(OC)cc12.Cn1nc(C2CC2)cc1N. The fourth-order valence-electron chi connectivity index (χ4n) is 9.28. The Morgan fingerprint density at radius 1 is 0.648 bits per heavy atom. The molecule has 2 aliphatic rings. The zero-order valence-corrected chi connectivity index (χ0v) is 42.2. The van der Waals surface area contributed by atoms with E-state index < -0.39 is 0 Å². The van der Waals surface area contributed by atoms with Gasteiger partial charge in [0.1, 0.15) is 58.5 Å². The van der Waals surface area contributed by atoms with Crippen LogP contribution in [0.2, 0.25) is 5.15 Å². The molecule has 368 valence electrons. The second-order valence-electron chi connectivity index (χ2n) is 18.2. The molecule has 0 aliphatic heterocycles. The van der Waals surface area contributed by atoms with Crippen LogP contribution in [0.3, 0.4) is 0 Å². The van der Waals surface area contributed by atoms with Crippen LogP contribution in [0.5, 0.6) is 11.5 Å². The Kier molecular flexibility index (Phi) is 12.7. The number of fused-ring (bicyclic) bond motifs is 6. The molecule has 2 aliphatic carbocycles. The third kappa shape index (κ3) is 9.16. The molecule has 0 radical (unpaired) electrons. The Hall–Kier alpha value is -7.35. The monoisotopic (exact) mass is 981 g/mol. The Morgan fingerprint density at radius 3 is 1.61 bits per heavy atom. The summed E-state index contributed by atoms with van der Waals surface area (Å²) in [5.41, 5.74) is 18.6. The number of anilines is 1. The minimum Gasteiger partial charge on any atom is -0.496 e. The molecule has 0 unspecified atom stereocenters. The first-order valence-electron chi connectivity index (χ1n) is 23.4. The highest BCUT2D eigenvalue weighted by Crippen LogP contribution is 2.43. The van der Waals surface area contributed by atoms with Crippen LogP contribution in [0.25, 0.3) is 66.1 Å². The van der Waals surface area contributed by atoms with E-state index in [-0.39, 0.29) is 0 Å². The molecule has 71 heavy (non-hydrogen) atoms. The van der Waals surface area contributed by atoms with Crippen LogP contribution in [0.1, 0.15) is 94.9 Å². The smallest absolute Gasteiger partial charge is 0.158 e. The molecule has 2 aromatic carbocycles. The highest BCUT2D eigenvalue weighted by Gasteiger charge is 2.29. The molecule has 0 atom stereocenters. The van der Waals surface area contributed by atoms with Crippen molar-refractivity contribution >= 4 is 61.3 Å². The highest BCUT2D eigenvalue weighted by molar-refractivity contribution is 6.36. The zero-order chi connectivity index (χ0) is 49.8. The van der Waals surface area contributed by atoms with Gasteiger partial charge in [-0.05, 0) is 83.7 Å². The van der Waals surface area contributed by atoms with E-state index in [1.165, 1.54) is 37.1 Å². The number of halogens is 1. The number of hydrogen-bond donors (Lipinski definition) is 3. The number of hydrogen-bond acceptors (Lipinski definition) is 15. The first kappa shape index (κ1) is 47.3. The highest BCUT2D eigenvalue weighted by atomic mass is 35.5. The van der Waals surface area contributed by atoms with E-state index in [9.17, 15) is 0 Å². The molecule has 2 saturated carbocycles. The third-order valence-corrected chi connectivity index (χ3v) is 13.4. The minimum atomic E-state index is 0.290.